The van der Waals surface area contributed by atoms with Gasteiger partial charge in [0.2, 0.25) is 5.91 Å². The summed E-state index contributed by atoms with van der Waals surface area (Å²) in [7, 11) is 1.45. The Labute approximate surface area is 186 Å². The molecule has 0 radical (unpaired) electrons. The van der Waals surface area contributed by atoms with Crippen molar-refractivity contribution in [2.45, 2.75) is 31.2 Å². The van der Waals surface area contributed by atoms with Gasteiger partial charge < -0.3 is 16.0 Å². The highest BCUT2D eigenvalue weighted by Gasteiger charge is 2.32. The molecule has 0 fully saturated rings. The Morgan fingerprint density at radius 2 is 1.36 bits per heavy atom. The zero-order valence-corrected chi connectivity index (χ0v) is 17.8. The van der Waals surface area contributed by atoms with E-state index in [-0.39, 0.29) is 18.7 Å². The number of nitrogens with zero attached hydrogens (tertiary/aromatic N) is 1. The molecule has 0 saturated carbocycles. The largest absolute Gasteiger partial charge is 0.416 e. The SMILES string of the molecule is C[C@H](c1ccc(C(F)(F)F)cc1)[C@H](N)C(=O)N(C)CCNC(=O)c1ccc(C(F)(F)F)cc1. The minimum absolute atomic E-state index is 0.0173. The topological polar surface area (TPSA) is 75.4 Å². The van der Waals surface area contributed by atoms with Crippen LogP contribution in [0.3, 0.4) is 0 Å². The molecule has 2 aromatic rings. The molecule has 0 unspecified atom stereocenters. The van der Waals surface area contributed by atoms with Gasteiger partial charge in [0.05, 0.1) is 17.2 Å². The highest BCUT2D eigenvalue weighted by atomic mass is 19.4. The number of nitrogens with one attached hydrogen (secondary N) is 1. The number of carbonyl (C=O) groups is 2. The lowest BCUT2D eigenvalue weighted by Gasteiger charge is -2.25. The van der Waals surface area contributed by atoms with E-state index in [4.69, 9.17) is 5.73 Å². The van der Waals surface area contributed by atoms with Crippen LogP contribution in [-0.4, -0.2) is 42.9 Å². The third-order valence-corrected chi connectivity index (χ3v) is 5.17. The summed E-state index contributed by atoms with van der Waals surface area (Å²) >= 11 is 0. The second-order valence-corrected chi connectivity index (χ2v) is 7.53. The lowest BCUT2D eigenvalue weighted by Crippen LogP contribution is -2.46. The first-order valence-electron chi connectivity index (χ1n) is 9.85. The monoisotopic (exact) mass is 475 g/mol. The third kappa shape index (κ3) is 6.95. The highest BCUT2D eigenvalue weighted by molar-refractivity contribution is 5.94. The smallest absolute Gasteiger partial charge is 0.350 e. The van der Waals surface area contributed by atoms with E-state index in [0.717, 1.165) is 36.4 Å². The van der Waals surface area contributed by atoms with Crippen molar-refractivity contribution in [3.8, 4) is 0 Å². The van der Waals surface area contributed by atoms with E-state index in [1.54, 1.807) is 6.92 Å². The normalized spacial score (nSPS) is 13.8. The zero-order valence-electron chi connectivity index (χ0n) is 17.8. The second-order valence-electron chi connectivity index (χ2n) is 7.53. The summed E-state index contributed by atoms with van der Waals surface area (Å²) in [4.78, 5) is 25.9. The van der Waals surface area contributed by atoms with E-state index in [9.17, 15) is 35.9 Å². The van der Waals surface area contributed by atoms with Crippen molar-refractivity contribution < 1.29 is 35.9 Å². The second kappa shape index (κ2) is 10.2. The molecule has 2 amide bonds. The average Bonchev–Trinajstić information content (AvgIpc) is 2.76. The Bertz CT molecular complexity index is 956. The van der Waals surface area contributed by atoms with E-state index in [1.165, 1.54) is 24.1 Å². The summed E-state index contributed by atoms with van der Waals surface area (Å²) in [6.45, 7) is 1.70. The number of likely N-dealkylation sites (N-methyl/N-ethyl adjacent to an activating group) is 1. The molecule has 0 aliphatic rings. The van der Waals surface area contributed by atoms with Crippen LogP contribution in [0.2, 0.25) is 0 Å². The summed E-state index contributed by atoms with van der Waals surface area (Å²) < 4.78 is 75.9. The predicted octanol–water partition coefficient (Wildman–Crippen LogP) is 4.04. The summed E-state index contributed by atoms with van der Waals surface area (Å²) in [5.41, 5.74) is 4.81. The van der Waals surface area contributed by atoms with Gasteiger partial charge in [-0.25, -0.2) is 0 Å². The maximum absolute atomic E-state index is 12.7. The van der Waals surface area contributed by atoms with Crippen molar-refractivity contribution in [3.05, 3.63) is 70.8 Å². The van der Waals surface area contributed by atoms with Crippen molar-refractivity contribution in [2.75, 3.05) is 20.1 Å². The lowest BCUT2D eigenvalue weighted by molar-refractivity contribution is -0.138. The number of amides is 2. The van der Waals surface area contributed by atoms with E-state index in [1.807, 2.05) is 0 Å². The van der Waals surface area contributed by atoms with Crippen molar-refractivity contribution in [1.29, 1.82) is 0 Å². The Morgan fingerprint density at radius 3 is 1.82 bits per heavy atom. The third-order valence-electron chi connectivity index (χ3n) is 5.17. The summed E-state index contributed by atoms with van der Waals surface area (Å²) in [5.74, 6) is -1.65. The number of alkyl halides is 6. The van der Waals surface area contributed by atoms with Crippen LogP contribution in [0, 0.1) is 0 Å². The van der Waals surface area contributed by atoms with Gasteiger partial charge in [-0.05, 0) is 42.0 Å². The lowest BCUT2D eigenvalue weighted by atomic mass is 9.92. The maximum Gasteiger partial charge on any atom is 0.416 e. The first kappa shape index (κ1) is 26.2. The molecule has 2 atom stereocenters. The number of hydrogen-bond acceptors (Lipinski definition) is 3. The van der Waals surface area contributed by atoms with Gasteiger partial charge in [-0.1, -0.05) is 19.1 Å². The molecule has 0 heterocycles. The fourth-order valence-corrected chi connectivity index (χ4v) is 3.01. The van der Waals surface area contributed by atoms with E-state index in [0.29, 0.717) is 5.56 Å². The highest BCUT2D eigenvalue weighted by Crippen LogP contribution is 2.31. The molecule has 3 N–H and O–H groups in total. The van der Waals surface area contributed by atoms with Gasteiger partial charge in [-0.15, -0.1) is 0 Å². The minimum Gasteiger partial charge on any atom is -0.350 e. The minimum atomic E-state index is -4.51. The van der Waals surface area contributed by atoms with Gasteiger partial charge >= 0.3 is 12.4 Å². The van der Waals surface area contributed by atoms with E-state index >= 15 is 0 Å². The Kier molecular flexibility index (Phi) is 8.12. The summed E-state index contributed by atoms with van der Waals surface area (Å²) in [5, 5.41) is 2.50. The molecule has 2 aromatic carbocycles. The van der Waals surface area contributed by atoms with Crippen LogP contribution < -0.4 is 11.1 Å². The molecule has 5 nitrogen and oxygen atoms in total. The standard InChI is InChI=1S/C22H23F6N3O2/c1-13(14-3-7-16(8-4-14)21(23,24)25)18(29)20(33)31(2)12-11-30-19(32)15-5-9-17(10-6-15)22(26,27)28/h3-10,13,18H,11-12,29H2,1-2H3,(H,30,32)/t13-,18+/m1/s1. The molecule has 33 heavy (non-hydrogen) atoms. The molecule has 180 valence electrons. The molecule has 0 aliphatic carbocycles. The number of nitrogens with two attached hydrogens (primary N) is 1. The van der Waals surface area contributed by atoms with Gasteiger partial charge in [0, 0.05) is 31.6 Å². The molecule has 0 bridgehead atoms. The molecule has 2 rings (SSSR count). The van der Waals surface area contributed by atoms with E-state index in [2.05, 4.69) is 5.32 Å². The quantitative estimate of drug-likeness (QED) is 0.594. The van der Waals surface area contributed by atoms with Crippen molar-refractivity contribution in [2.24, 2.45) is 5.73 Å². The first-order chi connectivity index (χ1) is 15.2. The number of rotatable bonds is 7. The van der Waals surface area contributed by atoms with Crippen LogP contribution in [0.15, 0.2) is 48.5 Å². The predicted molar refractivity (Wildman–Crippen MR) is 109 cm³/mol. The van der Waals surface area contributed by atoms with Gasteiger partial charge in [0.15, 0.2) is 0 Å². The number of hydrogen-bond donors (Lipinski definition) is 2. The average molecular weight is 475 g/mol. The zero-order chi connectivity index (χ0) is 25.0. The molecule has 11 heteroatoms. The van der Waals surface area contributed by atoms with Crippen LogP contribution in [0.1, 0.15) is 39.9 Å². The Balaban J connectivity index is 1.88. The van der Waals surface area contributed by atoms with Crippen molar-refractivity contribution in [1.82, 2.24) is 10.2 Å². The molecule has 0 aliphatic heterocycles. The fraction of sp³-hybridized carbons (Fsp3) is 0.364. The summed E-state index contributed by atoms with van der Waals surface area (Å²) in [6.07, 6.45) is -8.97. The molecule has 0 spiro atoms. The first-order valence-corrected chi connectivity index (χ1v) is 9.85. The number of halogens is 6. The fourth-order valence-electron chi connectivity index (χ4n) is 3.01. The van der Waals surface area contributed by atoms with Crippen LogP contribution in [0.5, 0.6) is 0 Å². The van der Waals surface area contributed by atoms with Crippen LogP contribution in [0.4, 0.5) is 26.3 Å². The van der Waals surface area contributed by atoms with Crippen molar-refractivity contribution >= 4 is 11.8 Å². The Hall–Kier alpha value is -3.08. The van der Waals surface area contributed by atoms with Gasteiger partial charge in [0.1, 0.15) is 0 Å². The van der Waals surface area contributed by atoms with Crippen LogP contribution in [-0.2, 0) is 17.1 Å². The van der Waals surface area contributed by atoms with Gasteiger partial charge in [-0.2, -0.15) is 26.3 Å². The number of benzene rings is 2. The Morgan fingerprint density at radius 1 is 0.909 bits per heavy atom. The number of carbonyl (C=O) groups excluding carboxylic acids is 2. The maximum atomic E-state index is 12.7. The van der Waals surface area contributed by atoms with Crippen LogP contribution in [0.25, 0.3) is 0 Å². The van der Waals surface area contributed by atoms with E-state index < -0.39 is 47.3 Å². The van der Waals surface area contributed by atoms with Gasteiger partial charge in [-0.3, -0.25) is 9.59 Å². The molecule has 0 saturated heterocycles. The molecular formula is C22H23F6N3O2. The summed E-state index contributed by atoms with van der Waals surface area (Å²) in [6, 6.07) is 7.04. The van der Waals surface area contributed by atoms with Gasteiger partial charge in [0.25, 0.3) is 5.91 Å². The molecular weight excluding hydrogens is 452 g/mol. The van der Waals surface area contributed by atoms with Crippen molar-refractivity contribution in [3.63, 3.8) is 0 Å². The van der Waals surface area contributed by atoms with Crippen LogP contribution >= 0.6 is 0 Å². The molecule has 0 aromatic heterocycles.